The highest BCUT2D eigenvalue weighted by Crippen LogP contribution is 2.35. The van der Waals surface area contributed by atoms with Gasteiger partial charge in [0.25, 0.3) is 0 Å². The Morgan fingerprint density at radius 3 is 2.49 bits per heavy atom. The molecule has 0 spiro atoms. The standard InChI is InChI=1S/C26H28F2N2O5/c1-7-34-24-17-10-8-9-16(15(17)11-12-29-24)23(31)21-18(27)13-19(33-6)20(22(21)28)14(2)30-25(32)35-26(3,4)5/h8-14H,7H2,1-6H3,(H,30,32). The van der Waals surface area contributed by atoms with E-state index in [9.17, 15) is 9.59 Å². The lowest BCUT2D eigenvalue weighted by atomic mass is 9.94. The van der Waals surface area contributed by atoms with E-state index in [1.54, 1.807) is 45.9 Å². The van der Waals surface area contributed by atoms with E-state index in [0.29, 0.717) is 23.3 Å². The molecular formula is C26H28F2N2O5. The number of aromatic nitrogens is 1. The number of ketones is 1. The Balaban J connectivity index is 2.10. The summed E-state index contributed by atoms with van der Waals surface area (Å²) < 4.78 is 46.8. The van der Waals surface area contributed by atoms with Crippen molar-refractivity contribution in [1.82, 2.24) is 10.3 Å². The van der Waals surface area contributed by atoms with Gasteiger partial charge in [0, 0.05) is 23.2 Å². The van der Waals surface area contributed by atoms with Gasteiger partial charge < -0.3 is 19.5 Å². The van der Waals surface area contributed by atoms with Gasteiger partial charge in [-0.2, -0.15) is 0 Å². The number of benzene rings is 2. The molecule has 1 amide bonds. The number of rotatable bonds is 7. The van der Waals surface area contributed by atoms with E-state index in [-0.39, 0.29) is 16.9 Å². The molecule has 0 aliphatic rings. The molecule has 0 saturated carbocycles. The number of nitrogens with one attached hydrogen (secondary N) is 1. The number of nitrogens with zero attached hydrogens (tertiary/aromatic N) is 1. The number of amides is 1. The second kappa shape index (κ2) is 10.2. The zero-order valence-electron chi connectivity index (χ0n) is 20.5. The Hall–Kier alpha value is -3.75. The highest BCUT2D eigenvalue weighted by molar-refractivity contribution is 6.17. The Morgan fingerprint density at radius 1 is 1.14 bits per heavy atom. The van der Waals surface area contributed by atoms with Gasteiger partial charge in [0.1, 0.15) is 23.0 Å². The Labute approximate surface area is 202 Å². The summed E-state index contributed by atoms with van der Waals surface area (Å²) in [5.41, 5.74) is -1.65. The minimum Gasteiger partial charge on any atom is -0.496 e. The fourth-order valence-corrected chi connectivity index (χ4v) is 3.71. The molecule has 3 aromatic rings. The molecule has 35 heavy (non-hydrogen) atoms. The fourth-order valence-electron chi connectivity index (χ4n) is 3.71. The summed E-state index contributed by atoms with van der Waals surface area (Å²) in [6.45, 7) is 8.69. The van der Waals surface area contributed by atoms with E-state index in [4.69, 9.17) is 14.2 Å². The molecule has 0 radical (unpaired) electrons. The molecule has 0 saturated heterocycles. The van der Waals surface area contributed by atoms with Gasteiger partial charge in [-0.3, -0.25) is 4.79 Å². The summed E-state index contributed by atoms with van der Waals surface area (Å²) in [6, 6.07) is 6.30. The summed E-state index contributed by atoms with van der Waals surface area (Å²) in [5.74, 6) is -2.93. The maximum atomic E-state index is 15.8. The smallest absolute Gasteiger partial charge is 0.408 e. The third kappa shape index (κ3) is 5.50. The number of halogens is 2. The van der Waals surface area contributed by atoms with E-state index < -0.39 is 40.7 Å². The van der Waals surface area contributed by atoms with Crippen LogP contribution in [0, 0.1) is 11.6 Å². The van der Waals surface area contributed by atoms with E-state index in [2.05, 4.69) is 10.3 Å². The number of pyridine rings is 1. The molecule has 186 valence electrons. The SMILES string of the molecule is CCOc1nccc2c(C(=O)c3c(F)cc(OC)c(C(C)NC(=O)OC(C)(C)C)c3F)cccc12. The normalized spacial score (nSPS) is 12.2. The molecule has 1 aromatic heterocycles. The molecular weight excluding hydrogens is 458 g/mol. The molecule has 1 heterocycles. The average molecular weight is 487 g/mol. The van der Waals surface area contributed by atoms with Crippen molar-refractivity contribution in [3.05, 3.63) is 64.9 Å². The predicted molar refractivity (Wildman–Crippen MR) is 127 cm³/mol. The van der Waals surface area contributed by atoms with E-state index in [0.717, 1.165) is 6.07 Å². The Bertz CT molecular complexity index is 1270. The first kappa shape index (κ1) is 25.9. The van der Waals surface area contributed by atoms with E-state index in [1.165, 1.54) is 26.3 Å². The molecule has 1 N–H and O–H groups in total. The second-order valence-corrected chi connectivity index (χ2v) is 8.81. The van der Waals surface area contributed by atoms with Crippen LogP contribution < -0.4 is 14.8 Å². The van der Waals surface area contributed by atoms with Crippen molar-refractivity contribution in [1.29, 1.82) is 0 Å². The predicted octanol–water partition coefficient (Wildman–Crippen LogP) is 5.74. The number of hydrogen-bond donors (Lipinski definition) is 1. The van der Waals surface area contributed by atoms with Gasteiger partial charge in [-0.1, -0.05) is 12.1 Å². The minimum absolute atomic E-state index is 0.0764. The van der Waals surface area contributed by atoms with Gasteiger partial charge in [-0.25, -0.2) is 18.6 Å². The monoisotopic (exact) mass is 486 g/mol. The van der Waals surface area contributed by atoms with E-state index in [1.807, 2.05) is 0 Å². The van der Waals surface area contributed by atoms with Crippen LogP contribution in [-0.4, -0.2) is 36.2 Å². The summed E-state index contributed by atoms with van der Waals surface area (Å²) in [5, 5.41) is 3.48. The first-order valence-electron chi connectivity index (χ1n) is 11.1. The lowest BCUT2D eigenvalue weighted by molar-refractivity contribution is 0.0506. The quantitative estimate of drug-likeness (QED) is 0.429. The zero-order chi connectivity index (χ0) is 25.9. The highest BCUT2D eigenvalue weighted by Gasteiger charge is 2.30. The van der Waals surface area contributed by atoms with Gasteiger partial charge >= 0.3 is 6.09 Å². The molecule has 0 bridgehead atoms. The molecule has 2 aromatic carbocycles. The van der Waals surface area contributed by atoms with Gasteiger partial charge in [-0.05, 0) is 52.1 Å². The van der Waals surface area contributed by atoms with Crippen molar-refractivity contribution in [2.24, 2.45) is 0 Å². The molecule has 1 unspecified atom stereocenters. The fraction of sp³-hybridized carbons (Fsp3) is 0.346. The van der Waals surface area contributed by atoms with Gasteiger partial charge in [-0.15, -0.1) is 0 Å². The van der Waals surface area contributed by atoms with Crippen LogP contribution in [0.5, 0.6) is 11.6 Å². The molecule has 0 aliphatic heterocycles. The van der Waals surface area contributed by atoms with Crippen LogP contribution in [0.1, 0.15) is 62.1 Å². The van der Waals surface area contributed by atoms with Gasteiger partial charge in [0.05, 0.1) is 30.9 Å². The molecule has 0 fully saturated rings. The van der Waals surface area contributed by atoms with Gasteiger partial charge in [0.2, 0.25) is 5.88 Å². The van der Waals surface area contributed by atoms with E-state index >= 15 is 8.78 Å². The highest BCUT2D eigenvalue weighted by atomic mass is 19.1. The third-order valence-corrected chi connectivity index (χ3v) is 5.13. The number of ether oxygens (including phenoxy) is 3. The van der Waals surface area contributed by atoms with Crippen LogP contribution >= 0.6 is 0 Å². The lowest BCUT2D eigenvalue weighted by Gasteiger charge is -2.23. The minimum atomic E-state index is -1.13. The summed E-state index contributed by atoms with van der Waals surface area (Å²) in [4.78, 5) is 29.9. The molecule has 1 atom stereocenters. The zero-order valence-corrected chi connectivity index (χ0v) is 20.5. The largest absolute Gasteiger partial charge is 0.496 e. The third-order valence-electron chi connectivity index (χ3n) is 5.13. The summed E-state index contributed by atoms with van der Waals surface area (Å²) in [7, 11) is 1.24. The Morgan fingerprint density at radius 2 is 1.86 bits per heavy atom. The van der Waals surface area contributed by atoms with Crippen molar-refractivity contribution < 1.29 is 32.6 Å². The number of methoxy groups -OCH3 is 1. The number of fused-ring (bicyclic) bond motifs is 1. The van der Waals surface area contributed by atoms with Gasteiger partial charge in [0.15, 0.2) is 5.78 Å². The number of hydrogen-bond acceptors (Lipinski definition) is 6. The lowest BCUT2D eigenvalue weighted by Crippen LogP contribution is -2.34. The van der Waals surface area contributed by atoms with Crippen LogP contribution in [0.25, 0.3) is 10.8 Å². The first-order valence-corrected chi connectivity index (χ1v) is 11.1. The number of carbonyl (C=O) groups excluding carboxylic acids is 2. The van der Waals surface area contributed by atoms with Crippen LogP contribution in [0.15, 0.2) is 36.5 Å². The molecule has 9 heteroatoms. The van der Waals surface area contributed by atoms with Crippen molar-refractivity contribution in [3.63, 3.8) is 0 Å². The van der Waals surface area contributed by atoms with Crippen molar-refractivity contribution in [2.75, 3.05) is 13.7 Å². The van der Waals surface area contributed by atoms with Crippen LogP contribution in [0.3, 0.4) is 0 Å². The second-order valence-electron chi connectivity index (χ2n) is 8.81. The van der Waals surface area contributed by atoms with Crippen LogP contribution in [-0.2, 0) is 4.74 Å². The van der Waals surface area contributed by atoms with Crippen molar-refractivity contribution >= 4 is 22.6 Å². The summed E-state index contributed by atoms with van der Waals surface area (Å²) >= 11 is 0. The maximum absolute atomic E-state index is 15.8. The maximum Gasteiger partial charge on any atom is 0.408 e. The molecule has 3 rings (SSSR count). The molecule has 0 aliphatic carbocycles. The Kier molecular flexibility index (Phi) is 7.57. The van der Waals surface area contributed by atoms with Crippen LogP contribution in [0.2, 0.25) is 0 Å². The number of alkyl carbamates (subject to hydrolysis) is 1. The van der Waals surface area contributed by atoms with Crippen molar-refractivity contribution in [2.45, 2.75) is 46.3 Å². The van der Waals surface area contributed by atoms with Crippen molar-refractivity contribution in [3.8, 4) is 11.6 Å². The summed E-state index contributed by atoms with van der Waals surface area (Å²) in [6.07, 6.45) is 0.664. The topological polar surface area (TPSA) is 86.8 Å². The molecule has 7 nitrogen and oxygen atoms in total. The number of carbonyl (C=O) groups is 2. The first-order chi connectivity index (χ1) is 16.5. The van der Waals surface area contributed by atoms with Crippen LogP contribution in [0.4, 0.5) is 13.6 Å². The average Bonchev–Trinajstić information content (AvgIpc) is 2.77.